The molecule has 1 aliphatic carbocycles. The lowest BCUT2D eigenvalue weighted by atomic mass is 9.88. The number of nitriles is 1. The highest BCUT2D eigenvalue weighted by Gasteiger charge is 2.47. The lowest BCUT2D eigenvalue weighted by molar-refractivity contribution is -0.121. The molecule has 2 aromatic heterocycles. The quantitative estimate of drug-likeness (QED) is 0.280. The standard InChI is InChI=1S/C35H32N6O6/c1-45-25-11-8-21(9-12-25)19-40-32(42)20-46-29-14-15-31(39-34(29)40)41-28-13-10-23(16-30(28)47-35(41)44)37-18-22-4-2-6-26(33(22)43)27-7-3-5-24(17-36)38-27/h2-9,11-12,14-15,23,28,30,37,43H,10,13,16,18-20H2,1H3/t23-,28-,30+/m0/s1. The maximum absolute atomic E-state index is 13.2. The molecule has 2 fully saturated rings. The first kappa shape index (κ1) is 30.0. The van der Waals surface area contributed by atoms with Crippen molar-refractivity contribution in [3.8, 4) is 34.6 Å². The van der Waals surface area contributed by atoms with Gasteiger partial charge in [0.2, 0.25) is 0 Å². The third kappa shape index (κ3) is 5.89. The number of phenolic OH excluding ortho intramolecular Hbond substituents is 1. The molecule has 0 radical (unpaired) electrons. The van der Waals surface area contributed by atoms with Gasteiger partial charge < -0.3 is 24.6 Å². The Morgan fingerprint density at radius 1 is 1.04 bits per heavy atom. The molecule has 1 saturated carbocycles. The Morgan fingerprint density at radius 2 is 1.87 bits per heavy atom. The Labute approximate surface area is 271 Å². The molecule has 3 atom stereocenters. The van der Waals surface area contributed by atoms with Crippen molar-refractivity contribution in [2.24, 2.45) is 0 Å². The van der Waals surface area contributed by atoms with E-state index in [1.165, 1.54) is 0 Å². The third-order valence-electron chi connectivity index (χ3n) is 8.86. The smallest absolute Gasteiger partial charge is 0.416 e. The summed E-state index contributed by atoms with van der Waals surface area (Å²) in [7, 11) is 1.60. The molecular weight excluding hydrogens is 600 g/mol. The van der Waals surface area contributed by atoms with Crippen LogP contribution in [0.4, 0.5) is 16.4 Å². The zero-order chi connectivity index (χ0) is 32.5. The molecule has 47 heavy (non-hydrogen) atoms. The Bertz CT molecular complexity index is 1880. The van der Waals surface area contributed by atoms with Crippen molar-refractivity contribution in [1.82, 2.24) is 15.3 Å². The number of para-hydroxylation sites is 1. The normalized spacial score (nSPS) is 20.1. The molecule has 0 spiro atoms. The van der Waals surface area contributed by atoms with Crippen molar-refractivity contribution in [2.45, 2.75) is 50.5 Å². The van der Waals surface area contributed by atoms with Crippen LogP contribution in [0.25, 0.3) is 11.3 Å². The summed E-state index contributed by atoms with van der Waals surface area (Å²) in [5.74, 6) is 1.84. The van der Waals surface area contributed by atoms with E-state index in [0.29, 0.717) is 60.1 Å². The fraction of sp³-hybridized carbons (Fsp3) is 0.286. The number of nitrogens with one attached hydrogen (secondary N) is 1. The van der Waals surface area contributed by atoms with Gasteiger partial charge in [0.05, 0.1) is 25.4 Å². The Morgan fingerprint density at radius 3 is 2.68 bits per heavy atom. The molecule has 3 aliphatic rings. The molecular formula is C35H32N6O6. The van der Waals surface area contributed by atoms with Gasteiger partial charge in [-0.05, 0) is 60.9 Å². The van der Waals surface area contributed by atoms with E-state index in [-0.39, 0.29) is 42.1 Å². The number of phenols is 1. The Balaban J connectivity index is 1.04. The molecule has 0 unspecified atom stereocenters. The van der Waals surface area contributed by atoms with Crippen LogP contribution in [0.3, 0.4) is 0 Å². The molecule has 4 heterocycles. The minimum atomic E-state index is -0.477. The van der Waals surface area contributed by atoms with Crippen LogP contribution in [0.2, 0.25) is 0 Å². The van der Waals surface area contributed by atoms with E-state index < -0.39 is 6.09 Å². The number of amides is 2. The van der Waals surface area contributed by atoms with Crippen molar-refractivity contribution in [3.63, 3.8) is 0 Å². The van der Waals surface area contributed by atoms with Crippen molar-refractivity contribution in [3.05, 3.63) is 89.6 Å². The molecule has 1 saturated heterocycles. The van der Waals surface area contributed by atoms with E-state index in [4.69, 9.17) is 19.2 Å². The van der Waals surface area contributed by atoms with Crippen LogP contribution in [-0.4, -0.2) is 59.0 Å². The molecule has 2 aromatic carbocycles. The second-order valence-corrected chi connectivity index (χ2v) is 11.7. The monoisotopic (exact) mass is 632 g/mol. The number of rotatable bonds is 8. The number of hydrogen-bond donors (Lipinski definition) is 2. The fourth-order valence-electron chi connectivity index (χ4n) is 6.43. The van der Waals surface area contributed by atoms with Gasteiger partial charge in [-0.15, -0.1) is 0 Å². The Hall–Kier alpha value is -5.67. The number of carbonyl (C=O) groups is 2. The van der Waals surface area contributed by atoms with Gasteiger partial charge in [0, 0.05) is 30.1 Å². The number of aromatic nitrogens is 2. The number of benzene rings is 2. The topological polar surface area (TPSA) is 150 Å². The number of methoxy groups -OCH3 is 1. The number of anilines is 2. The van der Waals surface area contributed by atoms with Gasteiger partial charge in [0.15, 0.2) is 18.2 Å². The van der Waals surface area contributed by atoms with E-state index in [1.54, 1.807) is 53.3 Å². The number of carbonyl (C=O) groups excluding carboxylic acids is 2. The van der Waals surface area contributed by atoms with Crippen molar-refractivity contribution in [2.75, 3.05) is 23.5 Å². The van der Waals surface area contributed by atoms with Crippen LogP contribution < -0.4 is 24.6 Å². The summed E-state index contributed by atoms with van der Waals surface area (Å²) in [5.41, 5.74) is 2.96. The highest BCUT2D eigenvalue weighted by atomic mass is 16.6. The predicted octanol–water partition coefficient (Wildman–Crippen LogP) is 4.69. The number of nitrogens with zero attached hydrogens (tertiary/aromatic N) is 5. The van der Waals surface area contributed by atoms with E-state index in [9.17, 15) is 20.0 Å². The number of pyridine rings is 2. The highest BCUT2D eigenvalue weighted by Crippen LogP contribution is 2.39. The SMILES string of the molecule is COc1ccc(CN2C(=O)COc3ccc(N4C(=O)O[C@@H]5C[C@@H](NCc6cccc(-c7cccc(C#N)n7)c6O)CC[C@@H]54)nc32)cc1. The molecule has 12 nitrogen and oxygen atoms in total. The van der Waals surface area contributed by atoms with Gasteiger partial charge in [-0.2, -0.15) is 5.26 Å². The van der Waals surface area contributed by atoms with Crippen LogP contribution >= 0.6 is 0 Å². The first-order chi connectivity index (χ1) is 22.9. The molecule has 2 aliphatic heterocycles. The van der Waals surface area contributed by atoms with Crippen molar-refractivity contribution < 1.29 is 28.9 Å². The molecule has 238 valence electrons. The van der Waals surface area contributed by atoms with Crippen molar-refractivity contribution in [1.29, 1.82) is 5.26 Å². The second-order valence-electron chi connectivity index (χ2n) is 11.7. The minimum Gasteiger partial charge on any atom is -0.507 e. The zero-order valence-corrected chi connectivity index (χ0v) is 25.6. The summed E-state index contributed by atoms with van der Waals surface area (Å²) in [4.78, 5) is 38.4. The maximum atomic E-state index is 13.2. The first-order valence-corrected chi connectivity index (χ1v) is 15.4. The summed E-state index contributed by atoms with van der Waals surface area (Å²) in [5, 5.41) is 23.7. The highest BCUT2D eigenvalue weighted by molar-refractivity contribution is 5.97. The number of hydrogen-bond acceptors (Lipinski definition) is 10. The minimum absolute atomic E-state index is 0.0506. The summed E-state index contributed by atoms with van der Waals surface area (Å²) < 4.78 is 16.8. The number of ether oxygens (including phenoxy) is 3. The zero-order valence-electron chi connectivity index (χ0n) is 25.6. The summed E-state index contributed by atoms with van der Waals surface area (Å²) in [6.45, 7) is 0.602. The molecule has 0 bridgehead atoms. The van der Waals surface area contributed by atoms with Gasteiger partial charge in [-0.3, -0.25) is 14.6 Å². The number of aromatic hydroxyl groups is 1. The Kier molecular flexibility index (Phi) is 8.05. The van der Waals surface area contributed by atoms with Crippen LogP contribution in [0, 0.1) is 11.3 Å². The average molecular weight is 633 g/mol. The van der Waals surface area contributed by atoms with Crippen LogP contribution in [0.15, 0.2) is 72.8 Å². The van der Waals surface area contributed by atoms with Crippen LogP contribution in [0.1, 0.15) is 36.1 Å². The maximum Gasteiger partial charge on any atom is 0.416 e. The second kappa shape index (κ2) is 12.6. The van der Waals surface area contributed by atoms with Crippen LogP contribution in [0.5, 0.6) is 17.2 Å². The van der Waals surface area contributed by atoms with E-state index in [2.05, 4.69) is 10.3 Å². The van der Waals surface area contributed by atoms with E-state index in [0.717, 1.165) is 17.7 Å². The third-order valence-corrected chi connectivity index (χ3v) is 8.86. The molecule has 2 N–H and O–H groups in total. The van der Waals surface area contributed by atoms with Gasteiger partial charge >= 0.3 is 6.09 Å². The predicted molar refractivity (Wildman–Crippen MR) is 171 cm³/mol. The van der Waals surface area contributed by atoms with Gasteiger partial charge in [-0.25, -0.2) is 14.8 Å². The van der Waals surface area contributed by atoms with Crippen LogP contribution in [-0.2, 0) is 22.6 Å². The molecule has 12 heteroatoms. The van der Waals surface area contributed by atoms with Gasteiger partial charge in [0.1, 0.15) is 35.2 Å². The molecule has 4 aromatic rings. The van der Waals surface area contributed by atoms with Crippen molar-refractivity contribution >= 4 is 23.6 Å². The van der Waals surface area contributed by atoms with Gasteiger partial charge in [0.25, 0.3) is 5.91 Å². The fourth-order valence-corrected chi connectivity index (χ4v) is 6.43. The summed E-state index contributed by atoms with van der Waals surface area (Å²) >= 11 is 0. The molecule has 2 amide bonds. The largest absolute Gasteiger partial charge is 0.507 e. The lowest BCUT2D eigenvalue weighted by Gasteiger charge is -2.34. The molecule has 7 rings (SSSR count). The summed E-state index contributed by atoms with van der Waals surface area (Å²) in [6.07, 6.45) is 1.22. The average Bonchev–Trinajstić information content (AvgIpc) is 3.44. The van der Waals surface area contributed by atoms with Gasteiger partial charge in [-0.1, -0.05) is 30.3 Å². The summed E-state index contributed by atoms with van der Waals surface area (Å²) in [6, 6.07) is 23.4. The number of fused-ring (bicyclic) bond motifs is 2. The van der Waals surface area contributed by atoms with E-state index in [1.807, 2.05) is 42.5 Å². The first-order valence-electron chi connectivity index (χ1n) is 15.4. The van der Waals surface area contributed by atoms with E-state index >= 15 is 0 Å². The lowest BCUT2D eigenvalue weighted by Crippen LogP contribution is -2.46.